The Morgan fingerprint density at radius 3 is 2.62 bits per heavy atom. The van der Waals surface area contributed by atoms with Crippen molar-refractivity contribution in [2.24, 2.45) is 0 Å². The van der Waals surface area contributed by atoms with E-state index in [4.69, 9.17) is 9.47 Å². The Kier molecular flexibility index (Phi) is 8.21. The number of carbonyl (C=O) groups is 3. The number of hydrogen-bond donors (Lipinski definition) is 1. The molecule has 0 radical (unpaired) electrons. The van der Waals surface area contributed by atoms with Gasteiger partial charge in [-0.05, 0) is 48.2 Å². The molecule has 0 unspecified atom stereocenters. The van der Waals surface area contributed by atoms with E-state index in [1.807, 2.05) is 48.5 Å². The Morgan fingerprint density at radius 2 is 1.85 bits per heavy atom. The van der Waals surface area contributed by atoms with Gasteiger partial charge in [0.05, 0.1) is 31.6 Å². The number of fused-ring (bicyclic) bond motifs is 5. The van der Waals surface area contributed by atoms with Crippen LogP contribution in [0.2, 0.25) is 0 Å². The molecule has 1 N–H and O–H groups in total. The Balaban J connectivity index is 1.34. The number of likely N-dealkylation sites (N-methyl/N-ethyl adjacent to an activating group) is 1. The first-order valence-electron chi connectivity index (χ1n) is 13.2. The van der Waals surface area contributed by atoms with Crippen LogP contribution in [0.3, 0.4) is 0 Å². The number of benzene rings is 2. The first-order valence-corrected chi connectivity index (χ1v) is 13.2. The molecule has 1 fully saturated rings. The van der Waals surface area contributed by atoms with E-state index >= 15 is 0 Å². The van der Waals surface area contributed by atoms with Crippen LogP contribution in [0.4, 0.5) is 0 Å². The molecule has 5 rings (SSSR count). The van der Waals surface area contributed by atoms with Gasteiger partial charge in [0, 0.05) is 39.0 Å². The summed E-state index contributed by atoms with van der Waals surface area (Å²) >= 11 is 0. The zero-order valence-corrected chi connectivity index (χ0v) is 22.0. The summed E-state index contributed by atoms with van der Waals surface area (Å²) in [6, 6.07) is 15.0. The fourth-order valence-electron chi connectivity index (χ4n) is 4.93. The van der Waals surface area contributed by atoms with Crippen molar-refractivity contribution < 1.29 is 23.9 Å². The fourth-order valence-corrected chi connectivity index (χ4v) is 4.93. The summed E-state index contributed by atoms with van der Waals surface area (Å²) in [5.74, 6) is 0.917. The van der Waals surface area contributed by atoms with E-state index in [1.54, 1.807) is 35.2 Å². The minimum Gasteiger partial charge on any atom is -0.457 e. The minimum absolute atomic E-state index is 0.0551. The van der Waals surface area contributed by atoms with Crippen LogP contribution in [0.15, 0.2) is 67.3 Å². The SMILES string of the molecule is CN1CC(=O)N[C@H]2CN(C(=O)Cn3ccnc3)CC[C@H]2OCc2cccc(c2)Oc2cccc(c2)CCC1=O. The number of piperidine rings is 1. The normalized spacial score (nSPS) is 20.7. The second-order valence-corrected chi connectivity index (χ2v) is 10.0. The molecular weight excluding hydrogens is 498 g/mol. The Labute approximate surface area is 227 Å². The van der Waals surface area contributed by atoms with Crippen molar-refractivity contribution in [3.8, 4) is 11.5 Å². The van der Waals surface area contributed by atoms with Crippen molar-refractivity contribution in [2.45, 2.75) is 44.6 Å². The average Bonchev–Trinajstić information content (AvgIpc) is 3.44. The third-order valence-electron chi connectivity index (χ3n) is 7.06. The summed E-state index contributed by atoms with van der Waals surface area (Å²) in [5.41, 5.74) is 1.92. The third kappa shape index (κ3) is 7.02. The first-order chi connectivity index (χ1) is 18.9. The number of nitrogens with one attached hydrogen (secondary N) is 1. The van der Waals surface area contributed by atoms with Gasteiger partial charge in [0.25, 0.3) is 0 Å². The van der Waals surface area contributed by atoms with Gasteiger partial charge in [0.15, 0.2) is 0 Å². The molecule has 2 atom stereocenters. The van der Waals surface area contributed by atoms with Crippen LogP contribution >= 0.6 is 0 Å². The lowest BCUT2D eigenvalue weighted by atomic mass is 10.0. The maximum absolute atomic E-state index is 13.0. The molecule has 2 aliphatic rings. The Hall–Kier alpha value is -4.18. The molecule has 4 bridgehead atoms. The molecule has 1 aromatic heterocycles. The molecule has 3 amide bonds. The van der Waals surface area contributed by atoms with Gasteiger partial charge in [0.2, 0.25) is 17.7 Å². The number of aromatic nitrogens is 2. The molecule has 10 heteroatoms. The lowest BCUT2D eigenvalue weighted by Crippen LogP contribution is -2.58. The van der Waals surface area contributed by atoms with Crippen molar-refractivity contribution in [3.05, 3.63) is 78.4 Å². The highest BCUT2D eigenvalue weighted by atomic mass is 16.5. The van der Waals surface area contributed by atoms with Crippen LogP contribution in [-0.4, -0.2) is 75.9 Å². The number of rotatable bonds is 2. The van der Waals surface area contributed by atoms with E-state index in [0.717, 1.165) is 11.1 Å². The van der Waals surface area contributed by atoms with Gasteiger partial charge in [-0.15, -0.1) is 0 Å². The van der Waals surface area contributed by atoms with E-state index in [9.17, 15) is 14.4 Å². The number of ether oxygens (including phenoxy) is 2. The van der Waals surface area contributed by atoms with Gasteiger partial charge < -0.3 is 29.2 Å². The zero-order valence-electron chi connectivity index (χ0n) is 22.0. The summed E-state index contributed by atoms with van der Waals surface area (Å²) < 4.78 is 14.1. The van der Waals surface area contributed by atoms with Crippen molar-refractivity contribution in [2.75, 3.05) is 26.7 Å². The smallest absolute Gasteiger partial charge is 0.242 e. The number of nitrogens with zero attached hydrogens (tertiary/aromatic N) is 4. The molecule has 10 nitrogen and oxygen atoms in total. The van der Waals surface area contributed by atoms with Crippen LogP contribution in [-0.2, 0) is 38.7 Å². The first kappa shape index (κ1) is 26.4. The highest BCUT2D eigenvalue weighted by molar-refractivity contribution is 5.85. The summed E-state index contributed by atoms with van der Waals surface area (Å²) in [6.07, 6.45) is 6.06. The largest absolute Gasteiger partial charge is 0.457 e. The van der Waals surface area contributed by atoms with Gasteiger partial charge in [-0.2, -0.15) is 0 Å². The predicted molar refractivity (Wildman–Crippen MR) is 143 cm³/mol. The number of likely N-dealkylation sites (tertiary alicyclic amines) is 1. The summed E-state index contributed by atoms with van der Waals surface area (Å²) in [4.78, 5) is 45.9. The predicted octanol–water partition coefficient (Wildman–Crippen LogP) is 2.38. The van der Waals surface area contributed by atoms with Crippen molar-refractivity contribution in [3.63, 3.8) is 0 Å². The lowest BCUT2D eigenvalue weighted by Gasteiger charge is -2.39. The van der Waals surface area contributed by atoms with Crippen LogP contribution in [0, 0.1) is 0 Å². The Morgan fingerprint density at radius 1 is 1.08 bits per heavy atom. The van der Waals surface area contributed by atoms with Gasteiger partial charge in [-0.3, -0.25) is 14.4 Å². The summed E-state index contributed by atoms with van der Waals surface area (Å²) in [7, 11) is 1.63. The van der Waals surface area contributed by atoms with E-state index in [0.29, 0.717) is 44.0 Å². The molecule has 0 saturated carbocycles. The van der Waals surface area contributed by atoms with E-state index in [-0.39, 0.29) is 43.3 Å². The van der Waals surface area contributed by atoms with Crippen LogP contribution in [0.5, 0.6) is 11.5 Å². The molecule has 204 valence electrons. The second kappa shape index (κ2) is 12.1. The lowest BCUT2D eigenvalue weighted by molar-refractivity contribution is -0.139. The minimum atomic E-state index is -0.417. The molecular formula is C29H33N5O5. The molecule has 1 saturated heterocycles. The summed E-state index contributed by atoms with van der Waals surface area (Å²) in [5, 5.41) is 3.03. The maximum atomic E-state index is 13.0. The number of carbonyl (C=O) groups excluding carboxylic acids is 3. The standard InChI is InChI=1S/C29H33N5O5/c1-32-17-27(35)31-25-16-34(29(37)18-33-13-11-30-20-33)12-10-26(25)38-19-22-5-3-7-24(15-22)39-23-6-2-4-21(14-23)8-9-28(32)36/h2-7,11,13-15,20,25-26H,8-10,12,16-19H2,1H3,(H,31,35)/t25-,26+/m0/s1. The van der Waals surface area contributed by atoms with Crippen molar-refractivity contribution in [1.29, 1.82) is 0 Å². The number of amides is 3. The number of aryl methyl sites for hydroxylation is 1. The third-order valence-corrected chi connectivity index (χ3v) is 7.06. The monoisotopic (exact) mass is 531 g/mol. The van der Waals surface area contributed by atoms with Gasteiger partial charge >= 0.3 is 0 Å². The second-order valence-electron chi connectivity index (χ2n) is 10.0. The zero-order chi connectivity index (χ0) is 27.2. The molecule has 2 aromatic carbocycles. The maximum Gasteiger partial charge on any atom is 0.242 e. The number of imidazole rings is 1. The van der Waals surface area contributed by atoms with Crippen LogP contribution in [0.25, 0.3) is 0 Å². The van der Waals surface area contributed by atoms with Crippen molar-refractivity contribution in [1.82, 2.24) is 24.7 Å². The van der Waals surface area contributed by atoms with E-state index in [2.05, 4.69) is 10.3 Å². The van der Waals surface area contributed by atoms with Crippen LogP contribution < -0.4 is 10.1 Å². The molecule has 3 aromatic rings. The highest BCUT2D eigenvalue weighted by Crippen LogP contribution is 2.25. The molecule has 0 spiro atoms. The van der Waals surface area contributed by atoms with Gasteiger partial charge in [0.1, 0.15) is 18.0 Å². The summed E-state index contributed by atoms with van der Waals surface area (Å²) in [6.45, 7) is 1.27. The van der Waals surface area contributed by atoms with E-state index < -0.39 is 6.04 Å². The quantitative estimate of drug-likeness (QED) is 0.545. The molecule has 3 heterocycles. The topological polar surface area (TPSA) is 106 Å². The highest BCUT2D eigenvalue weighted by Gasteiger charge is 2.33. The van der Waals surface area contributed by atoms with E-state index in [1.165, 1.54) is 4.90 Å². The fraction of sp³-hybridized carbons (Fsp3) is 0.379. The Bertz CT molecular complexity index is 1310. The molecule has 2 aliphatic heterocycles. The van der Waals surface area contributed by atoms with Gasteiger partial charge in [-0.1, -0.05) is 24.3 Å². The van der Waals surface area contributed by atoms with Crippen molar-refractivity contribution >= 4 is 17.7 Å². The van der Waals surface area contributed by atoms with Gasteiger partial charge in [-0.25, -0.2) is 4.98 Å². The molecule has 0 aliphatic carbocycles. The molecule has 39 heavy (non-hydrogen) atoms. The van der Waals surface area contributed by atoms with Crippen LogP contribution in [0.1, 0.15) is 24.0 Å². The number of hydrogen-bond acceptors (Lipinski definition) is 6. The average molecular weight is 532 g/mol.